The van der Waals surface area contributed by atoms with Gasteiger partial charge in [0.05, 0.1) is 7.11 Å². The van der Waals surface area contributed by atoms with Crippen LogP contribution in [0, 0.1) is 0 Å². The van der Waals surface area contributed by atoms with Gasteiger partial charge in [-0.25, -0.2) is 0 Å². The van der Waals surface area contributed by atoms with Gasteiger partial charge in [-0.3, -0.25) is 4.79 Å². The van der Waals surface area contributed by atoms with Crippen LogP contribution in [0.2, 0.25) is 0 Å². The molecule has 0 spiro atoms. The van der Waals surface area contributed by atoms with Gasteiger partial charge in [0.1, 0.15) is 5.54 Å². The summed E-state index contributed by atoms with van der Waals surface area (Å²) in [6.45, 7) is 1.67. The number of rotatable bonds is 6. The van der Waals surface area contributed by atoms with Gasteiger partial charge in [0.2, 0.25) is 5.13 Å². The molecule has 0 aliphatic rings. The van der Waals surface area contributed by atoms with Crippen LogP contribution in [-0.4, -0.2) is 48.7 Å². The molecule has 18 heavy (non-hydrogen) atoms. The van der Waals surface area contributed by atoms with E-state index in [1.54, 1.807) is 18.7 Å². The Kier molecular flexibility index (Phi) is 5.36. The molecule has 0 aliphatic carbocycles. The summed E-state index contributed by atoms with van der Waals surface area (Å²) in [5.74, 6) is 0.304. The molecule has 1 atom stereocenters. The number of nitrogens with zero attached hydrogens (tertiary/aromatic N) is 3. The Labute approximate surface area is 115 Å². The van der Waals surface area contributed by atoms with E-state index < -0.39 is 11.5 Å². The van der Waals surface area contributed by atoms with Crippen molar-refractivity contribution >= 4 is 34.2 Å². The minimum atomic E-state index is -0.948. The minimum absolute atomic E-state index is 0.394. The molecule has 1 aromatic rings. The van der Waals surface area contributed by atoms with E-state index in [-0.39, 0.29) is 0 Å². The molecular formula is C10H18N4O2S2. The Morgan fingerprint density at radius 2 is 2.22 bits per heavy atom. The third kappa shape index (κ3) is 4.11. The van der Waals surface area contributed by atoms with E-state index in [4.69, 9.17) is 5.73 Å². The van der Waals surface area contributed by atoms with Gasteiger partial charge in [-0.2, -0.15) is 0 Å². The Hall–Kier alpha value is -0.860. The number of ether oxygens (including phenoxy) is 1. The summed E-state index contributed by atoms with van der Waals surface area (Å²) in [6, 6.07) is 0. The van der Waals surface area contributed by atoms with Gasteiger partial charge in [0.25, 0.3) is 0 Å². The summed E-state index contributed by atoms with van der Waals surface area (Å²) < 4.78 is 5.52. The van der Waals surface area contributed by atoms with Gasteiger partial charge in [0, 0.05) is 19.8 Å². The number of anilines is 1. The van der Waals surface area contributed by atoms with Crippen molar-refractivity contribution in [2.75, 3.05) is 31.9 Å². The summed E-state index contributed by atoms with van der Waals surface area (Å²) in [4.78, 5) is 13.3. The first-order valence-corrected chi connectivity index (χ1v) is 7.18. The van der Waals surface area contributed by atoms with Crippen molar-refractivity contribution in [3.8, 4) is 0 Å². The SMILES string of the molecule is COC(=O)C(C)(N)CCSc1nnc(N(C)C)s1. The lowest BCUT2D eigenvalue weighted by atomic mass is 10.0. The maximum atomic E-state index is 11.4. The molecule has 8 heteroatoms. The lowest BCUT2D eigenvalue weighted by molar-refractivity contribution is -0.146. The number of thioether (sulfide) groups is 1. The van der Waals surface area contributed by atoms with E-state index >= 15 is 0 Å². The van der Waals surface area contributed by atoms with Crippen molar-refractivity contribution in [2.24, 2.45) is 5.73 Å². The monoisotopic (exact) mass is 290 g/mol. The summed E-state index contributed by atoms with van der Waals surface area (Å²) >= 11 is 3.06. The molecule has 1 heterocycles. The van der Waals surface area contributed by atoms with Gasteiger partial charge in [-0.1, -0.05) is 23.1 Å². The number of hydrogen-bond acceptors (Lipinski definition) is 8. The van der Waals surface area contributed by atoms with E-state index in [1.807, 2.05) is 19.0 Å². The second kappa shape index (κ2) is 6.35. The number of nitrogens with two attached hydrogens (primary N) is 1. The summed E-state index contributed by atoms with van der Waals surface area (Å²) in [7, 11) is 5.18. The van der Waals surface area contributed by atoms with Crippen LogP contribution in [0.3, 0.4) is 0 Å². The molecule has 0 aromatic carbocycles. The molecule has 6 nitrogen and oxygen atoms in total. The largest absolute Gasteiger partial charge is 0.468 e. The van der Waals surface area contributed by atoms with Crippen LogP contribution >= 0.6 is 23.1 Å². The van der Waals surface area contributed by atoms with Crippen molar-refractivity contribution < 1.29 is 9.53 Å². The highest BCUT2D eigenvalue weighted by atomic mass is 32.2. The van der Waals surface area contributed by atoms with Gasteiger partial charge in [-0.15, -0.1) is 10.2 Å². The Morgan fingerprint density at radius 1 is 1.56 bits per heavy atom. The normalized spacial score (nSPS) is 14.1. The predicted octanol–water partition coefficient (Wildman–Crippen LogP) is 0.977. The zero-order valence-electron chi connectivity index (χ0n) is 11.0. The smallest absolute Gasteiger partial charge is 0.325 e. The van der Waals surface area contributed by atoms with Gasteiger partial charge in [0.15, 0.2) is 4.34 Å². The Bertz CT molecular complexity index is 406. The first-order chi connectivity index (χ1) is 8.36. The minimum Gasteiger partial charge on any atom is -0.468 e. The molecule has 0 bridgehead atoms. The summed E-state index contributed by atoms with van der Waals surface area (Å²) in [5.41, 5.74) is 4.91. The van der Waals surface area contributed by atoms with E-state index in [9.17, 15) is 4.79 Å². The first kappa shape index (κ1) is 15.2. The molecule has 1 unspecified atom stereocenters. The highest BCUT2D eigenvalue weighted by molar-refractivity contribution is 8.01. The molecule has 1 aromatic heterocycles. The van der Waals surface area contributed by atoms with Crippen molar-refractivity contribution in [1.82, 2.24) is 10.2 Å². The van der Waals surface area contributed by atoms with Crippen LogP contribution in [0.4, 0.5) is 5.13 Å². The molecule has 0 amide bonds. The third-order valence-electron chi connectivity index (χ3n) is 2.28. The number of aromatic nitrogens is 2. The number of methoxy groups -OCH3 is 1. The van der Waals surface area contributed by atoms with Gasteiger partial charge >= 0.3 is 5.97 Å². The lowest BCUT2D eigenvalue weighted by Gasteiger charge is -2.20. The second-order valence-electron chi connectivity index (χ2n) is 4.25. The van der Waals surface area contributed by atoms with Crippen molar-refractivity contribution in [2.45, 2.75) is 23.2 Å². The average molecular weight is 290 g/mol. The van der Waals surface area contributed by atoms with Crippen LogP contribution in [0.5, 0.6) is 0 Å². The molecule has 0 saturated carbocycles. The lowest BCUT2D eigenvalue weighted by Crippen LogP contribution is -2.46. The zero-order chi connectivity index (χ0) is 13.8. The molecule has 0 aliphatic heterocycles. The fourth-order valence-corrected chi connectivity index (χ4v) is 3.14. The fraction of sp³-hybridized carbons (Fsp3) is 0.700. The highest BCUT2D eigenvalue weighted by Crippen LogP contribution is 2.28. The van der Waals surface area contributed by atoms with Crippen molar-refractivity contribution in [1.29, 1.82) is 0 Å². The number of carbonyl (C=O) groups is 1. The zero-order valence-corrected chi connectivity index (χ0v) is 12.6. The number of hydrogen-bond donors (Lipinski definition) is 1. The van der Waals surface area contributed by atoms with E-state index in [2.05, 4.69) is 14.9 Å². The van der Waals surface area contributed by atoms with E-state index in [0.717, 1.165) is 9.47 Å². The van der Waals surface area contributed by atoms with Crippen LogP contribution in [0.15, 0.2) is 4.34 Å². The molecule has 0 fully saturated rings. The predicted molar refractivity (Wildman–Crippen MR) is 74.2 cm³/mol. The van der Waals surface area contributed by atoms with Crippen LogP contribution in [0.1, 0.15) is 13.3 Å². The topological polar surface area (TPSA) is 81.3 Å². The summed E-state index contributed by atoms with van der Waals surface area (Å²) in [5, 5.41) is 8.95. The van der Waals surface area contributed by atoms with Crippen LogP contribution < -0.4 is 10.6 Å². The number of esters is 1. The molecule has 2 N–H and O–H groups in total. The van der Waals surface area contributed by atoms with Crippen LogP contribution in [0.25, 0.3) is 0 Å². The molecule has 0 radical (unpaired) electrons. The Balaban J connectivity index is 2.44. The van der Waals surface area contributed by atoms with Crippen LogP contribution in [-0.2, 0) is 9.53 Å². The molecule has 0 saturated heterocycles. The van der Waals surface area contributed by atoms with Gasteiger partial charge in [-0.05, 0) is 13.3 Å². The maximum Gasteiger partial charge on any atom is 0.325 e. The first-order valence-electron chi connectivity index (χ1n) is 5.38. The maximum absolute atomic E-state index is 11.4. The van der Waals surface area contributed by atoms with E-state index in [1.165, 1.54) is 18.4 Å². The standard InChI is InChI=1S/C10H18N4O2S2/c1-10(11,7(15)16-4)5-6-17-9-13-12-8(18-9)14(2)3/h5-6,11H2,1-4H3. The Morgan fingerprint density at radius 3 is 2.72 bits per heavy atom. The second-order valence-corrected chi connectivity index (χ2v) is 6.55. The summed E-state index contributed by atoms with van der Waals surface area (Å²) in [6.07, 6.45) is 0.529. The number of carbonyl (C=O) groups excluding carboxylic acids is 1. The van der Waals surface area contributed by atoms with Crippen molar-refractivity contribution in [3.05, 3.63) is 0 Å². The quantitative estimate of drug-likeness (QED) is 0.617. The molecule has 102 valence electrons. The molecular weight excluding hydrogens is 272 g/mol. The average Bonchev–Trinajstić information content (AvgIpc) is 2.76. The van der Waals surface area contributed by atoms with Gasteiger partial charge < -0.3 is 15.4 Å². The van der Waals surface area contributed by atoms with E-state index in [0.29, 0.717) is 12.2 Å². The highest BCUT2D eigenvalue weighted by Gasteiger charge is 2.28. The van der Waals surface area contributed by atoms with Crippen molar-refractivity contribution in [3.63, 3.8) is 0 Å². The fourth-order valence-electron chi connectivity index (χ4n) is 1.13. The molecule has 1 rings (SSSR count). The third-order valence-corrected chi connectivity index (χ3v) is 4.50.